The van der Waals surface area contributed by atoms with E-state index in [2.05, 4.69) is 16.2 Å². The lowest BCUT2D eigenvalue weighted by atomic mass is 10.1. The fourth-order valence-corrected chi connectivity index (χ4v) is 2.04. The summed E-state index contributed by atoms with van der Waals surface area (Å²) >= 11 is 0. The molecular formula is C16H27N3O2. The van der Waals surface area contributed by atoms with Gasteiger partial charge in [0.25, 0.3) is 0 Å². The summed E-state index contributed by atoms with van der Waals surface area (Å²) in [6.07, 6.45) is 0.951. The lowest BCUT2D eigenvalue weighted by Gasteiger charge is -2.19. The van der Waals surface area contributed by atoms with Crippen molar-refractivity contribution in [2.24, 2.45) is 0 Å². The van der Waals surface area contributed by atoms with Gasteiger partial charge < -0.3 is 10.1 Å². The van der Waals surface area contributed by atoms with Crippen LogP contribution in [-0.4, -0.2) is 31.1 Å². The second-order valence-corrected chi connectivity index (χ2v) is 5.32. The smallest absolute Gasteiger partial charge is 0.217 e. The largest absolute Gasteiger partial charge is 0.491 e. The SMILES string of the molecule is CCNNC[C@@H](Cc1ccc(OC(C)C)cc1)NC(C)=O. The predicted octanol–water partition coefficient (Wildman–Crippen LogP) is 1.64. The van der Waals surface area contributed by atoms with Gasteiger partial charge in [-0.3, -0.25) is 15.6 Å². The zero-order chi connectivity index (χ0) is 15.7. The summed E-state index contributed by atoms with van der Waals surface area (Å²) in [6, 6.07) is 8.08. The third-order valence-corrected chi connectivity index (χ3v) is 2.83. The molecule has 0 saturated heterocycles. The van der Waals surface area contributed by atoms with Crippen molar-refractivity contribution in [2.75, 3.05) is 13.1 Å². The van der Waals surface area contributed by atoms with Crippen molar-refractivity contribution in [1.82, 2.24) is 16.2 Å². The summed E-state index contributed by atoms with van der Waals surface area (Å²) < 4.78 is 5.63. The maximum absolute atomic E-state index is 11.3. The molecule has 118 valence electrons. The lowest BCUT2D eigenvalue weighted by Crippen LogP contribution is -2.46. The average Bonchev–Trinajstić information content (AvgIpc) is 2.40. The van der Waals surface area contributed by atoms with Crippen LogP contribution in [0.2, 0.25) is 0 Å². The minimum Gasteiger partial charge on any atom is -0.491 e. The van der Waals surface area contributed by atoms with E-state index in [0.717, 1.165) is 18.7 Å². The van der Waals surface area contributed by atoms with Crippen molar-refractivity contribution < 1.29 is 9.53 Å². The van der Waals surface area contributed by atoms with Gasteiger partial charge in [-0.05, 0) is 38.0 Å². The van der Waals surface area contributed by atoms with Gasteiger partial charge in [-0.1, -0.05) is 19.1 Å². The van der Waals surface area contributed by atoms with Crippen LogP contribution in [0.3, 0.4) is 0 Å². The molecule has 0 aliphatic rings. The van der Waals surface area contributed by atoms with Gasteiger partial charge in [0.15, 0.2) is 0 Å². The number of ether oxygens (including phenoxy) is 1. The van der Waals surface area contributed by atoms with Gasteiger partial charge in [0.05, 0.1) is 6.10 Å². The van der Waals surface area contributed by atoms with Crippen LogP contribution in [0.5, 0.6) is 5.75 Å². The van der Waals surface area contributed by atoms with Crippen LogP contribution < -0.4 is 20.9 Å². The van der Waals surface area contributed by atoms with Crippen LogP contribution in [0, 0.1) is 0 Å². The van der Waals surface area contributed by atoms with E-state index in [1.807, 2.05) is 45.0 Å². The number of carbonyl (C=O) groups is 1. The second kappa shape index (κ2) is 9.37. The fraction of sp³-hybridized carbons (Fsp3) is 0.562. The van der Waals surface area contributed by atoms with E-state index in [-0.39, 0.29) is 18.1 Å². The molecular weight excluding hydrogens is 266 g/mol. The first-order chi connectivity index (χ1) is 10.0. The summed E-state index contributed by atoms with van der Waals surface area (Å²) in [6.45, 7) is 9.10. The summed E-state index contributed by atoms with van der Waals surface area (Å²) in [5.74, 6) is 0.855. The number of amides is 1. The molecule has 3 N–H and O–H groups in total. The van der Waals surface area contributed by atoms with Gasteiger partial charge in [-0.15, -0.1) is 0 Å². The zero-order valence-electron chi connectivity index (χ0n) is 13.4. The molecule has 0 fully saturated rings. The monoisotopic (exact) mass is 293 g/mol. The van der Waals surface area contributed by atoms with Crippen molar-refractivity contribution in [2.45, 2.75) is 46.3 Å². The highest BCUT2D eigenvalue weighted by Gasteiger charge is 2.10. The number of benzene rings is 1. The highest BCUT2D eigenvalue weighted by molar-refractivity contribution is 5.73. The third-order valence-electron chi connectivity index (χ3n) is 2.83. The van der Waals surface area contributed by atoms with Crippen LogP contribution in [0.1, 0.15) is 33.3 Å². The fourth-order valence-electron chi connectivity index (χ4n) is 2.04. The molecule has 0 saturated carbocycles. The Morgan fingerprint density at radius 2 is 1.86 bits per heavy atom. The van der Waals surface area contributed by atoms with E-state index >= 15 is 0 Å². The molecule has 0 heterocycles. The van der Waals surface area contributed by atoms with E-state index in [1.54, 1.807) is 6.92 Å². The summed E-state index contributed by atoms with van der Waals surface area (Å²) in [4.78, 5) is 11.3. The minimum absolute atomic E-state index is 0.0157. The molecule has 5 heteroatoms. The zero-order valence-corrected chi connectivity index (χ0v) is 13.4. The molecule has 1 amide bonds. The van der Waals surface area contributed by atoms with E-state index in [9.17, 15) is 4.79 Å². The molecule has 0 spiro atoms. The van der Waals surface area contributed by atoms with Gasteiger partial charge in [0.2, 0.25) is 5.91 Å². The Morgan fingerprint density at radius 1 is 1.19 bits per heavy atom. The van der Waals surface area contributed by atoms with Crippen molar-refractivity contribution in [3.63, 3.8) is 0 Å². The van der Waals surface area contributed by atoms with Crippen LogP contribution in [0.25, 0.3) is 0 Å². The standard InChI is InChI=1S/C16H27N3O2/c1-5-17-18-11-15(19-13(4)20)10-14-6-8-16(9-7-14)21-12(2)3/h6-9,12,15,17-18H,5,10-11H2,1-4H3,(H,19,20)/t15-/m1/s1. The van der Waals surface area contributed by atoms with E-state index in [1.165, 1.54) is 5.56 Å². The van der Waals surface area contributed by atoms with Gasteiger partial charge in [-0.2, -0.15) is 0 Å². The highest BCUT2D eigenvalue weighted by Crippen LogP contribution is 2.14. The number of carbonyl (C=O) groups excluding carboxylic acids is 1. The van der Waals surface area contributed by atoms with Gasteiger partial charge >= 0.3 is 0 Å². The molecule has 1 aromatic carbocycles. The Bertz CT molecular complexity index is 418. The molecule has 1 atom stereocenters. The number of hydrazine groups is 1. The van der Waals surface area contributed by atoms with Gasteiger partial charge in [-0.25, -0.2) is 0 Å². The number of hydrogen-bond acceptors (Lipinski definition) is 4. The molecule has 0 aromatic heterocycles. The summed E-state index contributed by atoms with van der Waals surface area (Å²) in [5, 5.41) is 2.96. The Kier molecular flexibility index (Phi) is 7.79. The molecule has 1 rings (SSSR count). The summed E-state index contributed by atoms with van der Waals surface area (Å²) in [5.41, 5.74) is 7.33. The quantitative estimate of drug-likeness (QED) is 0.478. The van der Waals surface area contributed by atoms with Crippen LogP contribution in [0.15, 0.2) is 24.3 Å². The normalized spacial score (nSPS) is 12.2. The lowest BCUT2D eigenvalue weighted by molar-refractivity contribution is -0.119. The van der Waals surface area contributed by atoms with E-state index in [4.69, 9.17) is 4.74 Å². The van der Waals surface area contributed by atoms with Crippen LogP contribution >= 0.6 is 0 Å². The molecule has 0 unspecified atom stereocenters. The molecule has 5 nitrogen and oxygen atoms in total. The van der Waals surface area contributed by atoms with Crippen molar-refractivity contribution >= 4 is 5.91 Å². The average molecular weight is 293 g/mol. The minimum atomic E-state index is -0.0157. The Hall–Kier alpha value is -1.59. The maximum atomic E-state index is 11.3. The molecule has 0 aliphatic carbocycles. The van der Waals surface area contributed by atoms with E-state index < -0.39 is 0 Å². The van der Waals surface area contributed by atoms with Crippen molar-refractivity contribution in [3.8, 4) is 5.75 Å². The summed E-state index contributed by atoms with van der Waals surface area (Å²) in [7, 11) is 0. The number of rotatable bonds is 9. The molecule has 0 radical (unpaired) electrons. The van der Waals surface area contributed by atoms with Crippen molar-refractivity contribution in [3.05, 3.63) is 29.8 Å². The van der Waals surface area contributed by atoms with Gasteiger partial charge in [0.1, 0.15) is 5.75 Å². The van der Waals surface area contributed by atoms with Crippen LogP contribution in [-0.2, 0) is 11.2 Å². The molecule has 0 bridgehead atoms. The Balaban J connectivity index is 2.57. The predicted molar refractivity (Wildman–Crippen MR) is 85.2 cm³/mol. The number of hydrogen-bond donors (Lipinski definition) is 3. The van der Waals surface area contributed by atoms with Crippen LogP contribution in [0.4, 0.5) is 0 Å². The molecule has 21 heavy (non-hydrogen) atoms. The first kappa shape index (κ1) is 17.5. The Labute approximate surface area is 127 Å². The van der Waals surface area contributed by atoms with Gasteiger partial charge in [0, 0.05) is 26.1 Å². The Morgan fingerprint density at radius 3 is 2.38 bits per heavy atom. The first-order valence-electron chi connectivity index (χ1n) is 7.49. The highest BCUT2D eigenvalue weighted by atomic mass is 16.5. The third kappa shape index (κ3) is 7.68. The molecule has 1 aromatic rings. The number of nitrogens with one attached hydrogen (secondary N) is 3. The first-order valence-corrected chi connectivity index (χ1v) is 7.49. The topological polar surface area (TPSA) is 62.4 Å². The van der Waals surface area contributed by atoms with E-state index in [0.29, 0.717) is 6.54 Å². The maximum Gasteiger partial charge on any atom is 0.217 e. The second-order valence-electron chi connectivity index (χ2n) is 5.32. The van der Waals surface area contributed by atoms with Crippen molar-refractivity contribution in [1.29, 1.82) is 0 Å². The molecule has 0 aliphatic heterocycles.